The van der Waals surface area contributed by atoms with Gasteiger partial charge in [0.25, 0.3) is 5.91 Å². The lowest BCUT2D eigenvalue weighted by molar-refractivity contribution is -0.160. The van der Waals surface area contributed by atoms with Gasteiger partial charge in [-0.05, 0) is 43.3 Å². The number of aryl methyl sites for hydroxylation is 2. The van der Waals surface area contributed by atoms with Crippen molar-refractivity contribution in [2.75, 3.05) is 12.4 Å². The zero-order valence-corrected chi connectivity index (χ0v) is 18.5. The van der Waals surface area contributed by atoms with Crippen LogP contribution < -0.4 is 10.1 Å². The van der Waals surface area contributed by atoms with Gasteiger partial charge in [-0.2, -0.15) is 9.43 Å². The fourth-order valence-corrected chi connectivity index (χ4v) is 3.60. The van der Waals surface area contributed by atoms with E-state index < -0.39 is 0 Å². The summed E-state index contributed by atoms with van der Waals surface area (Å²) < 4.78 is 14.2. The lowest BCUT2D eigenvalue weighted by atomic mass is 10.1. The first kappa shape index (κ1) is 21.8. The molecule has 0 aliphatic rings. The van der Waals surface area contributed by atoms with E-state index in [9.17, 15) is 9.90 Å². The number of carbonyl (C=O) groups is 1. The van der Waals surface area contributed by atoms with Gasteiger partial charge in [0, 0.05) is 53.3 Å². The van der Waals surface area contributed by atoms with Gasteiger partial charge < -0.3 is 19.7 Å². The molecule has 0 radical (unpaired) electrons. The van der Waals surface area contributed by atoms with Crippen molar-refractivity contribution < 1.29 is 23.9 Å². The standard InChI is InChI=1S/C22H22N4O5S/c1-4-26-13-18-17(22(26)28)11-14(21(27)23-20-9-10-25(2)24-20)12-19(18)30-15-5-7-16(8-6-15)32-31-29-3/h5-13,28H,4H2,1-3H3,(H,23,24,27). The van der Waals surface area contributed by atoms with Crippen LogP contribution in [0, 0.1) is 0 Å². The number of carbonyl (C=O) groups excluding carboxylic acids is 1. The summed E-state index contributed by atoms with van der Waals surface area (Å²) in [5, 5.41) is 18.8. The van der Waals surface area contributed by atoms with Gasteiger partial charge in [0.05, 0.1) is 19.2 Å². The number of benzene rings is 2. The highest BCUT2D eigenvalue weighted by Crippen LogP contribution is 2.38. The number of aromatic nitrogens is 3. The molecule has 0 spiro atoms. The molecule has 166 valence electrons. The molecule has 2 heterocycles. The predicted octanol–water partition coefficient (Wildman–Crippen LogP) is 4.73. The monoisotopic (exact) mass is 454 g/mol. The zero-order valence-electron chi connectivity index (χ0n) is 17.7. The van der Waals surface area contributed by atoms with E-state index in [1.807, 2.05) is 19.1 Å². The van der Waals surface area contributed by atoms with Crippen molar-refractivity contribution in [3.05, 3.63) is 60.4 Å². The average Bonchev–Trinajstić information content (AvgIpc) is 3.35. The maximum Gasteiger partial charge on any atom is 0.257 e. The van der Waals surface area contributed by atoms with Crippen LogP contribution in [0.2, 0.25) is 0 Å². The largest absolute Gasteiger partial charge is 0.494 e. The smallest absolute Gasteiger partial charge is 0.257 e. The van der Waals surface area contributed by atoms with Gasteiger partial charge in [0.15, 0.2) is 11.7 Å². The highest BCUT2D eigenvalue weighted by molar-refractivity contribution is 7.94. The average molecular weight is 455 g/mol. The van der Waals surface area contributed by atoms with Crippen molar-refractivity contribution in [2.24, 2.45) is 7.05 Å². The second-order valence-corrected chi connectivity index (χ2v) is 7.67. The number of rotatable bonds is 8. The van der Waals surface area contributed by atoms with E-state index in [1.165, 1.54) is 7.11 Å². The molecule has 0 saturated carbocycles. The number of ether oxygens (including phenoxy) is 1. The van der Waals surface area contributed by atoms with Gasteiger partial charge in [0.2, 0.25) is 0 Å². The molecule has 10 heteroatoms. The van der Waals surface area contributed by atoms with E-state index in [-0.39, 0.29) is 11.8 Å². The SMILES string of the molecule is CCn1cc2c(Oc3ccc(SOOC)cc3)cc(C(=O)Nc3ccn(C)n3)cc2c1O. The van der Waals surface area contributed by atoms with Crippen LogP contribution in [0.1, 0.15) is 17.3 Å². The summed E-state index contributed by atoms with van der Waals surface area (Å²) in [7, 11) is 3.20. The molecule has 2 N–H and O–H groups in total. The van der Waals surface area contributed by atoms with E-state index in [1.54, 1.807) is 59.0 Å². The number of nitrogens with zero attached hydrogens (tertiary/aromatic N) is 3. The normalized spacial score (nSPS) is 11.1. The van der Waals surface area contributed by atoms with Crippen molar-refractivity contribution in [3.8, 4) is 17.4 Å². The Bertz CT molecular complexity index is 1250. The molecule has 0 aliphatic carbocycles. The van der Waals surface area contributed by atoms with E-state index >= 15 is 0 Å². The molecule has 1 amide bonds. The maximum atomic E-state index is 12.9. The Morgan fingerprint density at radius 1 is 1.19 bits per heavy atom. The molecule has 0 bridgehead atoms. The number of hydrogen-bond acceptors (Lipinski definition) is 7. The predicted molar refractivity (Wildman–Crippen MR) is 121 cm³/mol. The van der Waals surface area contributed by atoms with E-state index in [0.29, 0.717) is 40.2 Å². The van der Waals surface area contributed by atoms with Gasteiger partial charge in [-0.3, -0.25) is 9.48 Å². The first-order chi connectivity index (χ1) is 15.5. The molecule has 2 aromatic heterocycles. The minimum absolute atomic E-state index is 0.0725. The first-order valence-electron chi connectivity index (χ1n) is 9.80. The van der Waals surface area contributed by atoms with Crippen LogP contribution in [-0.4, -0.2) is 32.5 Å². The Hall–Kier alpha value is -3.47. The molecule has 2 aromatic carbocycles. The topological polar surface area (TPSA) is 99.8 Å². The third kappa shape index (κ3) is 4.57. The molecule has 0 aliphatic heterocycles. The molecular formula is C22H22N4O5S. The lowest BCUT2D eigenvalue weighted by Crippen LogP contribution is -2.12. The Morgan fingerprint density at radius 3 is 2.62 bits per heavy atom. The van der Waals surface area contributed by atoms with E-state index in [0.717, 1.165) is 16.9 Å². The third-order valence-corrected chi connectivity index (χ3v) is 5.42. The number of hydrogen-bond donors (Lipinski definition) is 2. The molecular weight excluding hydrogens is 432 g/mol. The van der Waals surface area contributed by atoms with Crippen molar-refractivity contribution in [3.63, 3.8) is 0 Å². The van der Waals surface area contributed by atoms with E-state index in [4.69, 9.17) is 9.07 Å². The Kier molecular flexibility index (Phi) is 6.35. The molecule has 4 rings (SSSR count). The fraction of sp³-hybridized carbons (Fsp3) is 0.182. The minimum Gasteiger partial charge on any atom is -0.494 e. The van der Waals surface area contributed by atoms with Crippen molar-refractivity contribution in [2.45, 2.75) is 18.4 Å². The maximum absolute atomic E-state index is 12.9. The Labute approximate surface area is 188 Å². The highest BCUT2D eigenvalue weighted by atomic mass is 32.2. The Balaban J connectivity index is 1.68. The molecule has 32 heavy (non-hydrogen) atoms. The second-order valence-electron chi connectivity index (χ2n) is 6.89. The van der Waals surface area contributed by atoms with Crippen LogP contribution in [0.25, 0.3) is 10.8 Å². The molecule has 0 saturated heterocycles. The first-order valence-corrected chi connectivity index (χ1v) is 10.5. The van der Waals surface area contributed by atoms with Gasteiger partial charge >= 0.3 is 0 Å². The third-order valence-electron chi connectivity index (χ3n) is 4.75. The highest BCUT2D eigenvalue weighted by Gasteiger charge is 2.18. The minimum atomic E-state index is -0.359. The van der Waals surface area contributed by atoms with Crippen molar-refractivity contribution >= 4 is 34.5 Å². The fourth-order valence-electron chi connectivity index (χ4n) is 3.21. The van der Waals surface area contributed by atoms with Crippen LogP contribution >= 0.6 is 12.0 Å². The summed E-state index contributed by atoms with van der Waals surface area (Å²) in [6.07, 6.45) is 3.54. The van der Waals surface area contributed by atoms with Crippen LogP contribution in [0.5, 0.6) is 17.4 Å². The van der Waals surface area contributed by atoms with E-state index in [2.05, 4.69) is 15.3 Å². The van der Waals surface area contributed by atoms with Crippen molar-refractivity contribution in [1.82, 2.24) is 14.3 Å². The van der Waals surface area contributed by atoms with Crippen molar-refractivity contribution in [1.29, 1.82) is 0 Å². The van der Waals surface area contributed by atoms with Crippen LogP contribution in [0.3, 0.4) is 0 Å². The summed E-state index contributed by atoms with van der Waals surface area (Å²) in [6.45, 7) is 2.49. The second kappa shape index (κ2) is 9.35. The van der Waals surface area contributed by atoms with Crippen LogP contribution in [-0.2, 0) is 22.8 Å². The number of fused-ring (bicyclic) bond motifs is 1. The van der Waals surface area contributed by atoms with Gasteiger partial charge in [-0.25, -0.2) is 4.89 Å². The summed E-state index contributed by atoms with van der Waals surface area (Å²) >= 11 is 1.08. The molecule has 4 aromatic rings. The Morgan fingerprint density at radius 2 is 1.97 bits per heavy atom. The summed E-state index contributed by atoms with van der Waals surface area (Å²) in [5.41, 5.74) is 0.336. The summed E-state index contributed by atoms with van der Waals surface area (Å²) in [4.78, 5) is 18.3. The van der Waals surface area contributed by atoms with Gasteiger partial charge in [0.1, 0.15) is 11.5 Å². The van der Waals surface area contributed by atoms with Gasteiger partial charge in [-0.15, -0.1) is 0 Å². The van der Waals surface area contributed by atoms with Crippen LogP contribution in [0.4, 0.5) is 5.82 Å². The molecule has 0 fully saturated rings. The molecule has 0 atom stereocenters. The van der Waals surface area contributed by atoms with Gasteiger partial charge in [-0.1, -0.05) is 0 Å². The number of nitrogens with one attached hydrogen (secondary N) is 1. The number of aromatic hydroxyl groups is 1. The lowest BCUT2D eigenvalue weighted by Gasteiger charge is -2.10. The number of amides is 1. The zero-order chi connectivity index (χ0) is 22.7. The van der Waals surface area contributed by atoms with Crippen LogP contribution in [0.15, 0.2) is 59.8 Å². The summed E-state index contributed by atoms with van der Waals surface area (Å²) in [5.74, 6) is 1.16. The summed E-state index contributed by atoms with van der Waals surface area (Å²) in [6, 6.07) is 12.2. The quantitative estimate of drug-likeness (QED) is 0.226. The molecule has 9 nitrogen and oxygen atoms in total. The number of anilines is 1. The molecule has 0 unspecified atom stereocenters.